The SMILES string of the molecule is COC(=O)c1sccc1S(=O)(=O)Nc1ccccc1C(=O)c1ccccc1. The Morgan fingerprint density at radius 1 is 0.963 bits per heavy atom. The predicted molar refractivity (Wildman–Crippen MR) is 103 cm³/mol. The van der Waals surface area contributed by atoms with E-state index in [0.717, 1.165) is 11.3 Å². The number of ether oxygens (including phenoxy) is 1. The lowest BCUT2D eigenvalue weighted by atomic mass is 10.0. The molecule has 0 aliphatic carbocycles. The minimum absolute atomic E-state index is 0.0307. The van der Waals surface area contributed by atoms with Crippen molar-refractivity contribution in [2.24, 2.45) is 0 Å². The summed E-state index contributed by atoms with van der Waals surface area (Å²) in [6, 6.07) is 16.2. The molecule has 0 radical (unpaired) electrons. The number of anilines is 1. The number of para-hydroxylation sites is 1. The second kappa shape index (κ2) is 7.73. The number of nitrogens with one attached hydrogen (secondary N) is 1. The summed E-state index contributed by atoms with van der Waals surface area (Å²) in [4.78, 5) is 24.3. The van der Waals surface area contributed by atoms with Gasteiger partial charge in [-0.15, -0.1) is 11.3 Å². The fourth-order valence-corrected chi connectivity index (χ4v) is 4.88. The molecular weight excluding hydrogens is 386 g/mol. The van der Waals surface area contributed by atoms with Gasteiger partial charge < -0.3 is 4.74 Å². The number of sulfonamides is 1. The predicted octanol–water partition coefficient (Wildman–Crippen LogP) is 3.57. The van der Waals surface area contributed by atoms with Crippen molar-refractivity contribution in [3.63, 3.8) is 0 Å². The van der Waals surface area contributed by atoms with Gasteiger partial charge in [0.15, 0.2) is 5.78 Å². The van der Waals surface area contributed by atoms with Gasteiger partial charge in [-0.05, 0) is 23.6 Å². The van der Waals surface area contributed by atoms with Crippen LogP contribution in [0, 0.1) is 0 Å². The van der Waals surface area contributed by atoms with E-state index in [4.69, 9.17) is 0 Å². The number of rotatable bonds is 6. The zero-order chi connectivity index (χ0) is 19.4. The molecule has 6 nitrogen and oxygen atoms in total. The number of hydrogen-bond donors (Lipinski definition) is 1. The smallest absolute Gasteiger partial charge is 0.349 e. The third-order valence-corrected chi connectivity index (χ3v) is 6.17. The van der Waals surface area contributed by atoms with Gasteiger partial charge in [-0.25, -0.2) is 13.2 Å². The lowest BCUT2D eigenvalue weighted by Crippen LogP contribution is -2.17. The van der Waals surface area contributed by atoms with E-state index in [1.807, 2.05) is 0 Å². The van der Waals surface area contributed by atoms with E-state index in [2.05, 4.69) is 9.46 Å². The number of methoxy groups -OCH3 is 1. The Morgan fingerprint density at radius 3 is 2.33 bits per heavy atom. The van der Waals surface area contributed by atoms with Gasteiger partial charge >= 0.3 is 5.97 Å². The summed E-state index contributed by atoms with van der Waals surface area (Å²) >= 11 is 0.966. The number of carbonyl (C=O) groups is 2. The van der Waals surface area contributed by atoms with E-state index >= 15 is 0 Å². The van der Waals surface area contributed by atoms with E-state index in [-0.39, 0.29) is 26.8 Å². The van der Waals surface area contributed by atoms with Crippen molar-refractivity contribution in [2.45, 2.75) is 4.90 Å². The molecule has 27 heavy (non-hydrogen) atoms. The molecule has 0 atom stereocenters. The number of carbonyl (C=O) groups excluding carboxylic acids is 2. The van der Waals surface area contributed by atoms with Crippen LogP contribution in [0.5, 0.6) is 0 Å². The fourth-order valence-electron chi connectivity index (χ4n) is 2.47. The summed E-state index contributed by atoms with van der Waals surface area (Å²) in [7, 11) is -2.91. The molecule has 0 spiro atoms. The molecule has 138 valence electrons. The van der Waals surface area contributed by atoms with E-state index in [1.165, 1.54) is 24.6 Å². The van der Waals surface area contributed by atoms with E-state index < -0.39 is 16.0 Å². The van der Waals surface area contributed by atoms with Crippen molar-refractivity contribution in [3.8, 4) is 0 Å². The van der Waals surface area contributed by atoms with Crippen LogP contribution >= 0.6 is 11.3 Å². The monoisotopic (exact) mass is 401 g/mol. The van der Waals surface area contributed by atoms with Crippen LogP contribution in [0.25, 0.3) is 0 Å². The first kappa shape index (κ1) is 18.8. The highest BCUT2D eigenvalue weighted by atomic mass is 32.2. The Morgan fingerprint density at radius 2 is 1.63 bits per heavy atom. The lowest BCUT2D eigenvalue weighted by Gasteiger charge is -2.12. The summed E-state index contributed by atoms with van der Waals surface area (Å²) in [6.45, 7) is 0. The van der Waals surface area contributed by atoms with Crippen molar-refractivity contribution in [1.82, 2.24) is 0 Å². The van der Waals surface area contributed by atoms with Crippen LogP contribution in [-0.4, -0.2) is 27.3 Å². The Labute approximate surface area is 160 Å². The largest absolute Gasteiger partial charge is 0.465 e. The molecule has 0 aliphatic heterocycles. The topological polar surface area (TPSA) is 89.5 Å². The van der Waals surface area contributed by atoms with Gasteiger partial charge in [-0.1, -0.05) is 42.5 Å². The third-order valence-electron chi connectivity index (χ3n) is 3.74. The zero-order valence-corrected chi connectivity index (χ0v) is 15.8. The number of benzene rings is 2. The van der Waals surface area contributed by atoms with Gasteiger partial charge in [0.05, 0.1) is 12.8 Å². The van der Waals surface area contributed by atoms with Gasteiger partial charge in [0.25, 0.3) is 10.0 Å². The lowest BCUT2D eigenvalue weighted by molar-refractivity contribution is 0.0602. The highest BCUT2D eigenvalue weighted by Crippen LogP contribution is 2.27. The summed E-state index contributed by atoms with van der Waals surface area (Å²) in [5.41, 5.74) is 0.783. The first-order valence-corrected chi connectivity index (χ1v) is 10.2. The number of thiophene rings is 1. The van der Waals surface area contributed by atoms with Crippen molar-refractivity contribution >= 4 is 38.8 Å². The van der Waals surface area contributed by atoms with Crippen LogP contribution in [-0.2, 0) is 14.8 Å². The molecule has 0 aliphatic rings. The van der Waals surface area contributed by atoms with Crippen LogP contribution in [0.2, 0.25) is 0 Å². The molecule has 0 bridgehead atoms. The normalized spacial score (nSPS) is 11.0. The van der Waals surface area contributed by atoms with Crippen LogP contribution in [0.3, 0.4) is 0 Å². The van der Waals surface area contributed by atoms with Crippen LogP contribution < -0.4 is 4.72 Å². The highest BCUT2D eigenvalue weighted by molar-refractivity contribution is 7.93. The Balaban J connectivity index is 1.99. The van der Waals surface area contributed by atoms with Crippen molar-refractivity contribution < 1.29 is 22.7 Å². The molecule has 0 saturated heterocycles. The number of hydrogen-bond acceptors (Lipinski definition) is 6. The molecule has 1 aromatic heterocycles. The molecule has 1 heterocycles. The fraction of sp³-hybridized carbons (Fsp3) is 0.0526. The second-order valence-electron chi connectivity index (χ2n) is 5.45. The summed E-state index contributed by atoms with van der Waals surface area (Å²) in [5.74, 6) is -1.05. The summed E-state index contributed by atoms with van der Waals surface area (Å²) in [5, 5.41) is 1.49. The minimum Gasteiger partial charge on any atom is -0.465 e. The van der Waals surface area contributed by atoms with Gasteiger partial charge in [0.1, 0.15) is 9.77 Å². The van der Waals surface area contributed by atoms with Crippen molar-refractivity contribution in [3.05, 3.63) is 82.0 Å². The van der Waals surface area contributed by atoms with Crippen molar-refractivity contribution in [2.75, 3.05) is 11.8 Å². The third kappa shape index (κ3) is 3.91. The molecule has 3 aromatic rings. The van der Waals surface area contributed by atoms with Crippen LogP contribution in [0.1, 0.15) is 25.6 Å². The van der Waals surface area contributed by atoms with E-state index in [1.54, 1.807) is 48.5 Å². The maximum absolute atomic E-state index is 12.8. The average Bonchev–Trinajstić information content (AvgIpc) is 3.19. The molecule has 0 fully saturated rings. The molecule has 0 amide bonds. The van der Waals surface area contributed by atoms with Crippen LogP contribution in [0.15, 0.2) is 70.9 Å². The molecule has 3 rings (SSSR count). The van der Waals surface area contributed by atoms with Gasteiger partial charge in [-0.2, -0.15) is 0 Å². The van der Waals surface area contributed by atoms with Gasteiger partial charge in [-0.3, -0.25) is 9.52 Å². The maximum atomic E-state index is 12.8. The van der Waals surface area contributed by atoms with Gasteiger partial charge in [0.2, 0.25) is 0 Å². The molecule has 2 aromatic carbocycles. The molecule has 1 N–H and O–H groups in total. The number of esters is 1. The highest BCUT2D eigenvalue weighted by Gasteiger charge is 2.26. The number of ketones is 1. The molecule has 0 saturated carbocycles. The molecule has 0 unspecified atom stereocenters. The maximum Gasteiger partial charge on any atom is 0.349 e. The summed E-state index contributed by atoms with van der Waals surface area (Å²) in [6.07, 6.45) is 0. The average molecular weight is 401 g/mol. The Bertz CT molecular complexity index is 1090. The van der Waals surface area contributed by atoms with E-state index in [0.29, 0.717) is 5.56 Å². The molecular formula is C19H15NO5S2. The Kier molecular flexibility index (Phi) is 5.38. The summed E-state index contributed by atoms with van der Waals surface area (Å²) < 4.78 is 32.6. The van der Waals surface area contributed by atoms with Crippen molar-refractivity contribution in [1.29, 1.82) is 0 Å². The minimum atomic E-state index is -4.09. The standard InChI is InChI=1S/C19H15NO5S2/c1-25-19(22)18-16(11-12-26-18)27(23,24)20-15-10-6-5-9-14(15)17(21)13-7-3-2-4-8-13/h2-12,20H,1H3. The quantitative estimate of drug-likeness (QED) is 0.504. The van der Waals surface area contributed by atoms with Crippen LogP contribution in [0.4, 0.5) is 5.69 Å². The van der Waals surface area contributed by atoms with E-state index in [9.17, 15) is 18.0 Å². The first-order valence-electron chi connectivity index (χ1n) is 7.81. The zero-order valence-electron chi connectivity index (χ0n) is 14.2. The first-order chi connectivity index (χ1) is 12.9. The second-order valence-corrected chi connectivity index (χ2v) is 8.02. The molecule has 8 heteroatoms. The Hall–Kier alpha value is -2.97. The van der Waals surface area contributed by atoms with Gasteiger partial charge in [0, 0.05) is 11.1 Å².